The van der Waals surface area contributed by atoms with Gasteiger partial charge in [-0.2, -0.15) is 0 Å². The fraction of sp³-hybridized carbons (Fsp3) is 0.375. The molecular weight excluding hydrogens is 243 g/mol. The number of pyridine rings is 1. The number of aromatic nitrogens is 1. The average molecular weight is 256 g/mol. The van der Waals surface area contributed by atoms with Crippen molar-refractivity contribution in [2.45, 2.75) is 16.4 Å². The second kappa shape index (κ2) is 4.07. The molecule has 0 saturated heterocycles. The summed E-state index contributed by atoms with van der Waals surface area (Å²) < 4.78 is 1.32. The van der Waals surface area contributed by atoms with E-state index in [4.69, 9.17) is 5.73 Å². The van der Waals surface area contributed by atoms with Crippen molar-refractivity contribution >= 4 is 23.5 Å². The van der Waals surface area contributed by atoms with Crippen LogP contribution in [0.4, 0.5) is 0 Å². The van der Waals surface area contributed by atoms with Crippen LogP contribution in [0.5, 0.6) is 0 Å². The van der Waals surface area contributed by atoms with Crippen molar-refractivity contribution < 1.29 is 0 Å². The molecule has 0 aliphatic rings. The van der Waals surface area contributed by atoms with Gasteiger partial charge in [0.15, 0.2) is 0 Å². The molecular formula is C8H13N2Sn. The summed E-state index contributed by atoms with van der Waals surface area (Å²) in [5.74, 6) is 0. The van der Waals surface area contributed by atoms with E-state index in [1.54, 1.807) is 0 Å². The van der Waals surface area contributed by atoms with Gasteiger partial charge < -0.3 is 0 Å². The molecule has 1 aromatic rings. The SMILES string of the molecule is [CH3][Sn]([CH3])[c]1ccc(CN)cn1. The van der Waals surface area contributed by atoms with Crippen molar-refractivity contribution in [3.05, 3.63) is 23.9 Å². The third-order valence-corrected chi connectivity index (χ3v) is 5.34. The molecule has 59 valence electrons. The van der Waals surface area contributed by atoms with Crippen molar-refractivity contribution in [1.82, 2.24) is 4.98 Å². The predicted octanol–water partition coefficient (Wildman–Crippen LogP) is 0.502. The van der Waals surface area contributed by atoms with Crippen LogP contribution in [0.1, 0.15) is 5.56 Å². The third-order valence-electron chi connectivity index (χ3n) is 1.57. The van der Waals surface area contributed by atoms with Crippen molar-refractivity contribution in [1.29, 1.82) is 0 Å². The molecule has 2 nitrogen and oxygen atoms in total. The normalized spacial score (nSPS) is 10.5. The number of nitrogens with two attached hydrogens (primary N) is 1. The summed E-state index contributed by atoms with van der Waals surface area (Å²) in [6, 6.07) is 4.20. The molecule has 0 fully saturated rings. The molecule has 11 heavy (non-hydrogen) atoms. The zero-order valence-electron chi connectivity index (χ0n) is 6.96. The fourth-order valence-corrected chi connectivity index (χ4v) is 2.95. The van der Waals surface area contributed by atoms with E-state index in [1.807, 2.05) is 6.20 Å². The molecule has 0 amide bonds. The molecule has 0 unspecified atom stereocenters. The Balaban J connectivity index is 2.83. The van der Waals surface area contributed by atoms with E-state index in [0.717, 1.165) is 5.56 Å². The standard InChI is InChI=1S/C6H7N2.2CH3.Sn/c7-4-6-2-1-3-8-5-6;;;/h1-2,5H,4,7H2;2*1H3;. The van der Waals surface area contributed by atoms with Gasteiger partial charge in [0, 0.05) is 0 Å². The van der Waals surface area contributed by atoms with Crippen LogP contribution in [-0.2, 0) is 6.54 Å². The van der Waals surface area contributed by atoms with Crippen LogP contribution in [0.3, 0.4) is 0 Å². The zero-order valence-corrected chi connectivity index (χ0v) is 9.82. The molecule has 0 saturated carbocycles. The van der Waals surface area contributed by atoms with Gasteiger partial charge in [-0.3, -0.25) is 0 Å². The molecule has 0 bridgehead atoms. The number of hydrogen-bond acceptors (Lipinski definition) is 2. The van der Waals surface area contributed by atoms with Gasteiger partial charge in [0.25, 0.3) is 0 Å². The van der Waals surface area contributed by atoms with Crippen molar-refractivity contribution in [3.8, 4) is 0 Å². The fourth-order valence-electron chi connectivity index (χ4n) is 0.841. The summed E-state index contributed by atoms with van der Waals surface area (Å²) in [4.78, 5) is 9.01. The Kier molecular flexibility index (Phi) is 3.33. The monoisotopic (exact) mass is 257 g/mol. The molecule has 1 aromatic heterocycles. The summed E-state index contributed by atoms with van der Waals surface area (Å²) in [5.41, 5.74) is 6.58. The molecule has 2 N–H and O–H groups in total. The molecule has 0 aromatic carbocycles. The minimum absolute atomic E-state index is 0.597. The van der Waals surface area contributed by atoms with Crippen LogP contribution < -0.4 is 9.44 Å². The number of rotatable bonds is 2. The Morgan fingerprint density at radius 1 is 1.45 bits per heavy atom. The first-order chi connectivity index (χ1) is 5.24. The van der Waals surface area contributed by atoms with E-state index in [-0.39, 0.29) is 0 Å². The van der Waals surface area contributed by atoms with Gasteiger partial charge >= 0.3 is 74.5 Å². The van der Waals surface area contributed by atoms with E-state index >= 15 is 0 Å². The molecule has 3 heteroatoms. The Morgan fingerprint density at radius 2 is 2.18 bits per heavy atom. The van der Waals surface area contributed by atoms with Gasteiger partial charge in [-0.1, -0.05) is 0 Å². The van der Waals surface area contributed by atoms with Crippen molar-refractivity contribution in [3.63, 3.8) is 0 Å². The van der Waals surface area contributed by atoms with E-state index in [2.05, 4.69) is 27.0 Å². The van der Waals surface area contributed by atoms with Gasteiger partial charge in [-0.05, 0) is 0 Å². The quantitative estimate of drug-likeness (QED) is 0.782. The second-order valence-electron chi connectivity index (χ2n) is 2.76. The molecule has 0 atom stereocenters. The van der Waals surface area contributed by atoms with Gasteiger partial charge in [0.05, 0.1) is 0 Å². The minimum atomic E-state index is -1.22. The maximum atomic E-state index is 5.45. The summed E-state index contributed by atoms with van der Waals surface area (Å²) in [5, 5.41) is 0. The average Bonchev–Trinajstić information content (AvgIpc) is 2.05. The Hall–Kier alpha value is -0.0913. The van der Waals surface area contributed by atoms with Crippen LogP contribution >= 0.6 is 0 Å². The van der Waals surface area contributed by atoms with Gasteiger partial charge in [0.1, 0.15) is 0 Å². The Bertz CT molecular complexity index is 218. The maximum absolute atomic E-state index is 5.45. The van der Waals surface area contributed by atoms with Crippen LogP contribution in [-0.4, -0.2) is 24.7 Å². The summed E-state index contributed by atoms with van der Waals surface area (Å²) in [6.45, 7) is 0.597. The molecule has 1 heterocycles. The Morgan fingerprint density at radius 3 is 2.55 bits per heavy atom. The predicted molar refractivity (Wildman–Crippen MR) is 49.2 cm³/mol. The first-order valence-corrected chi connectivity index (χ1v) is 10.8. The second-order valence-corrected chi connectivity index (χ2v) is 9.93. The van der Waals surface area contributed by atoms with Crippen molar-refractivity contribution in [2.75, 3.05) is 0 Å². The van der Waals surface area contributed by atoms with Crippen molar-refractivity contribution in [2.24, 2.45) is 5.73 Å². The molecule has 0 aliphatic heterocycles. The zero-order chi connectivity index (χ0) is 8.27. The van der Waals surface area contributed by atoms with E-state index in [9.17, 15) is 0 Å². The summed E-state index contributed by atoms with van der Waals surface area (Å²) in [6.07, 6.45) is 1.89. The topological polar surface area (TPSA) is 38.9 Å². The molecule has 0 aliphatic carbocycles. The molecule has 1 radical (unpaired) electrons. The first kappa shape index (κ1) is 9.00. The Labute approximate surface area is 74.6 Å². The van der Waals surface area contributed by atoms with E-state index in [0.29, 0.717) is 6.54 Å². The van der Waals surface area contributed by atoms with E-state index < -0.39 is 19.8 Å². The van der Waals surface area contributed by atoms with Gasteiger partial charge in [-0.25, -0.2) is 0 Å². The van der Waals surface area contributed by atoms with Crippen LogP contribution in [0.2, 0.25) is 9.88 Å². The van der Waals surface area contributed by atoms with Crippen LogP contribution in [0.25, 0.3) is 0 Å². The molecule has 1 rings (SSSR count). The molecule has 0 spiro atoms. The van der Waals surface area contributed by atoms with Gasteiger partial charge in [0.2, 0.25) is 0 Å². The number of hydrogen-bond donors (Lipinski definition) is 1. The summed E-state index contributed by atoms with van der Waals surface area (Å²) >= 11 is -1.22. The van der Waals surface area contributed by atoms with E-state index in [1.165, 1.54) is 3.71 Å². The number of nitrogens with zero attached hydrogens (tertiary/aromatic N) is 1. The third kappa shape index (κ3) is 2.45. The summed E-state index contributed by atoms with van der Waals surface area (Å²) in [7, 11) is 0. The van der Waals surface area contributed by atoms with Crippen LogP contribution in [0.15, 0.2) is 18.3 Å². The van der Waals surface area contributed by atoms with Crippen LogP contribution in [0, 0.1) is 0 Å². The van der Waals surface area contributed by atoms with Gasteiger partial charge in [-0.15, -0.1) is 0 Å². The first-order valence-electron chi connectivity index (χ1n) is 3.69.